The number of hydrogen-bond donors (Lipinski definition) is 2. The summed E-state index contributed by atoms with van der Waals surface area (Å²) in [6, 6.07) is 3.52. The van der Waals surface area contributed by atoms with Crippen molar-refractivity contribution in [3.63, 3.8) is 0 Å². The van der Waals surface area contributed by atoms with Gasteiger partial charge in [-0.2, -0.15) is 0 Å². The molecule has 2 N–H and O–H groups in total. The normalized spacial score (nSPS) is 15.9. The van der Waals surface area contributed by atoms with E-state index in [1.54, 1.807) is 11.5 Å². The Morgan fingerprint density at radius 2 is 2.40 bits per heavy atom. The summed E-state index contributed by atoms with van der Waals surface area (Å²) in [7, 11) is 2.05. The molecule has 2 rings (SSSR count). The van der Waals surface area contributed by atoms with Gasteiger partial charge in [0.25, 0.3) is 5.91 Å². The molecule has 0 aliphatic carbocycles. The van der Waals surface area contributed by atoms with E-state index < -0.39 is 5.91 Å². The van der Waals surface area contributed by atoms with E-state index in [2.05, 4.69) is 16.9 Å². The maximum absolute atomic E-state index is 11.1. The van der Waals surface area contributed by atoms with Crippen LogP contribution < -0.4 is 5.48 Å². The smallest absolute Gasteiger partial charge is 0.293 e. The average molecular weight is 207 g/mol. The number of carbonyl (C=O) groups excluding carboxylic acids is 1. The summed E-state index contributed by atoms with van der Waals surface area (Å²) in [5.41, 5.74) is 3.95. The molecule has 1 aliphatic rings. The third-order valence-corrected chi connectivity index (χ3v) is 2.57. The molecule has 0 fully saturated rings. The minimum atomic E-state index is -0.559. The molecule has 0 unspecified atom stereocenters. The lowest BCUT2D eigenvalue weighted by atomic mass is 10.1. The Kier molecular flexibility index (Phi) is 2.66. The minimum absolute atomic E-state index is 0.265. The van der Waals surface area contributed by atoms with E-state index >= 15 is 0 Å². The van der Waals surface area contributed by atoms with Crippen LogP contribution in [-0.4, -0.2) is 34.6 Å². The van der Waals surface area contributed by atoms with E-state index in [0.29, 0.717) is 0 Å². The van der Waals surface area contributed by atoms with Gasteiger partial charge in [0, 0.05) is 25.2 Å². The number of nitrogens with zero attached hydrogens (tertiary/aromatic N) is 2. The monoisotopic (exact) mass is 207 g/mol. The number of likely N-dealkylation sites (N-methyl/N-ethyl adjacent to an activating group) is 1. The Morgan fingerprint density at radius 1 is 1.60 bits per heavy atom. The first-order chi connectivity index (χ1) is 7.20. The van der Waals surface area contributed by atoms with Crippen molar-refractivity contribution >= 4 is 5.91 Å². The lowest BCUT2D eigenvalue weighted by Crippen LogP contribution is -2.28. The summed E-state index contributed by atoms with van der Waals surface area (Å²) >= 11 is 0. The van der Waals surface area contributed by atoms with E-state index in [9.17, 15) is 4.79 Å². The first-order valence-corrected chi connectivity index (χ1v) is 4.82. The number of carbonyl (C=O) groups is 1. The van der Waals surface area contributed by atoms with Crippen LogP contribution in [-0.2, 0) is 13.0 Å². The van der Waals surface area contributed by atoms with Crippen LogP contribution in [0.3, 0.4) is 0 Å². The molecular weight excluding hydrogens is 194 g/mol. The molecule has 15 heavy (non-hydrogen) atoms. The van der Waals surface area contributed by atoms with Crippen LogP contribution in [0.25, 0.3) is 0 Å². The highest BCUT2D eigenvalue weighted by molar-refractivity contribution is 5.91. The molecule has 1 aliphatic heterocycles. The Morgan fingerprint density at radius 3 is 3.13 bits per heavy atom. The van der Waals surface area contributed by atoms with Crippen LogP contribution in [0, 0.1) is 0 Å². The number of fused-ring (bicyclic) bond motifs is 1. The second-order valence-electron chi connectivity index (χ2n) is 3.73. The number of hydroxylamine groups is 1. The van der Waals surface area contributed by atoms with E-state index in [4.69, 9.17) is 5.21 Å². The molecule has 0 atom stereocenters. The molecule has 1 aromatic heterocycles. The second kappa shape index (κ2) is 3.96. The number of hydrogen-bond acceptors (Lipinski definition) is 4. The highest BCUT2D eigenvalue weighted by atomic mass is 16.5. The maximum atomic E-state index is 11.1. The van der Waals surface area contributed by atoms with Gasteiger partial charge in [0.05, 0.1) is 0 Å². The zero-order valence-electron chi connectivity index (χ0n) is 8.53. The fourth-order valence-corrected chi connectivity index (χ4v) is 1.74. The molecule has 0 aromatic carbocycles. The van der Waals surface area contributed by atoms with Crippen LogP contribution in [0.2, 0.25) is 0 Å². The molecule has 0 saturated heterocycles. The van der Waals surface area contributed by atoms with E-state index in [1.807, 2.05) is 6.07 Å². The fourth-order valence-electron chi connectivity index (χ4n) is 1.74. The predicted octanol–water partition coefficient (Wildman–Crippen LogP) is 0.188. The van der Waals surface area contributed by atoms with Crippen molar-refractivity contribution < 1.29 is 10.0 Å². The minimum Gasteiger partial charge on any atom is -0.302 e. The topological polar surface area (TPSA) is 65.5 Å². The van der Waals surface area contributed by atoms with Crippen LogP contribution in [0.5, 0.6) is 0 Å². The quantitative estimate of drug-likeness (QED) is 0.509. The lowest BCUT2D eigenvalue weighted by Gasteiger charge is -2.24. The predicted molar refractivity (Wildman–Crippen MR) is 53.5 cm³/mol. The molecule has 5 heteroatoms. The van der Waals surface area contributed by atoms with Gasteiger partial charge < -0.3 is 4.90 Å². The molecule has 1 amide bonds. The molecule has 0 spiro atoms. The van der Waals surface area contributed by atoms with Gasteiger partial charge >= 0.3 is 0 Å². The fraction of sp³-hybridized carbons (Fsp3) is 0.400. The van der Waals surface area contributed by atoms with Crippen molar-refractivity contribution in [1.82, 2.24) is 15.4 Å². The summed E-state index contributed by atoms with van der Waals surface area (Å²) in [6.45, 7) is 1.81. The molecular formula is C10H13N3O2. The van der Waals surface area contributed by atoms with Gasteiger partial charge in [-0.3, -0.25) is 10.0 Å². The number of aromatic nitrogens is 1. The summed E-state index contributed by atoms with van der Waals surface area (Å²) < 4.78 is 0. The molecule has 0 bridgehead atoms. The molecule has 0 saturated carbocycles. The largest absolute Gasteiger partial charge is 0.302 e. The summed E-state index contributed by atoms with van der Waals surface area (Å²) in [5, 5.41) is 8.49. The Hall–Kier alpha value is -1.46. The van der Waals surface area contributed by atoms with Crippen LogP contribution >= 0.6 is 0 Å². The number of pyridine rings is 1. The first-order valence-electron chi connectivity index (χ1n) is 4.82. The summed E-state index contributed by atoms with van der Waals surface area (Å²) in [4.78, 5) is 17.6. The highest BCUT2D eigenvalue weighted by Crippen LogP contribution is 2.16. The van der Waals surface area contributed by atoms with E-state index in [1.165, 1.54) is 0 Å². The maximum Gasteiger partial charge on any atom is 0.293 e. The second-order valence-corrected chi connectivity index (χ2v) is 3.73. The average Bonchev–Trinajstić information content (AvgIpc) is 2.27. The van der Waals surface area contributed by atoms with Crippen molar-refractivity contribution in [2.45, 2.75) is 13.0 Å². The zero-order chi connectivity index (χ0) is 10.8. The Labute approximate surface area is 87.7 Å². The molecule has 80 valence electrons. The SMILES string of the molecule is CN1CCc2nc(C(=O)NO)ccc2C1. The van der Waals surface area contributed by atoms with Gasteiger partial charge in [-0.1, -0.05) is 6.07 Å². The molecule has 5 nitrogen and oxygen atoms in total. The van der Waals surface area contributed by atoms with Gasteiger partial charge in [0.2, 0.25) is 0 Å². The number of amides is 1. The zero-order valence-corrected chi connectivity index (χ0v) is 8.53. The summed E-state index contributed by atoms with van der Waals surface area (Å²) in [5.74, 6) is -0.559. The van der Waals surface area contributed by atoms with Crippen molar-refractivity contribution in [3.05, 3.63) is 29.1 Å². The van der Waals surface area contributed by atoms with Gasteiger partial charge in [-0.05, 0) is 18.7 Å². The molecule has 2 heterocycles. The highest BCUT2D eigenvalue weighted by Gasteiger charge is 2.16. The van der Waals surface area contributed by atoms with E-state index in [-0.39, 0.29) is 5.69 Å². The number of rotatable bonds is 1. The van der Waals surface area contributed by atoms with Crippen molar-refractivity contribution in [3.8, 4) is 0 Å². The standard InChI is InChI=1S/C10H13N3O2/c1-13-5-4-8-7(6-13)2-3-9(11-8)10(14)12-15/h2-3,15H,4-6H2,1H3,(H,12,14). The third kappa shape index (κ3) is 1.98. The Bertz CT molecular complexity index is 392. The van der Waals surface area contributed by atoms with Gasteiger partial charge in [-0.25, -0.2) is 10.5 Å². The third-order valence-electron chi connectivity index (χ3n) is 2.57. The first kappa shape index (κ1) is 10.1. The van der Waals surface area contributed by atoms with Crippen molar-refractivity contribution in [2.75, 3.05) is 13.6 Å². The van der Waals surface area contributed by atoms with Gasteiger partial charge in [0.15, 0.2) is 0 Å². The number of nitrogens with one attached hydrogen (secondary N) is 1. The molecule has 0 radical (unpaired) electrons. The summed E-state index contributed by atoms with van der Waals surface area (Å²) in [6.07, 6.45) is 0.846. The van der Waals surface area contributed by atoms with Crippen molar-refractivity contribution in [2.24, 2.45) is 0 Å². The molecule has 1 aromatic rings. The lowest BCUT2D eigenvalue weighted by molar-refractivity contribution is 0.0700. The van der Waals surface area contributed by atoms with Crippen LogP contribution in [0.1, 0.15) is 21.7 Å². The van der Waals surface area contributed by atoms with Crippen LogP contribution in [0.15, 0.2) is 12.1 Å². The van der Waals surface area contributed by atoms with Crippen LogP contribution in [0.4, 0.5) is 0 Å². The van der Waals surface area contributed by atoms with E-state index in [0.717, 1.165) is 30.8 Å². The Balaban J connectivity index is 2.30. The van der Waals surface area contributed by atoms with Crippen molar-refractivity contribution in [1.29, 1.82) is 0 Å². The van der Waals surface area contributed by atoms with Gasteiger partial charge in [0.1, 0.15) is 5.69 Å². The van der Waals surface area contributed by atoms with Gasteiger partial charge in [-0.15, -0.1) is 0 Å².